The number of nitrogens with one attached hydrogen (secondary N) is 3. The lowest BCUT2D eigenvalue weighted by atomic mass is 9.74. The molecular formula is C23H45N6+. The van der Waals surface area contributed by atoms with E-state index in [1.54, 1.807) is 0 Å². The smallest absolute Gasteiger partial charge is 0.142 e. The van der Waals surface area contributed by atoms with E-state index in [1.165, 1.54) is 95.9 Å². The van der Waals surface area contributed by atoms with Crippen molar-refractivity contribution in [1.82, 2.24) is 25.8 Å². The highest BCUT2D eigenvalue weighted by Gasteiger charge is 2.57. The standard InChI is InChI=1S/C14H27N4.C9H18N2/c1-12(17-9-14(10-17)7-16-8-14)18(2)4-3-13(11-18)5-15-6-13;1-8(2)11-6-9(7-11)3-4-10-5-9/h12,15-16H,3-11H2,1-2H3;8,10H,3-7H2,1-2H3/q+1;. The molecule has 2 atom stereocenters. The number of likely N-dealkylation sites (tertiary alicyclic amines) is 3. The van der Waals surface area contributed by atoms with Crippen LogP contribution in [0.5, 0.6) is 0 Å². The average Bonchev–Trinajstić information content (AvgIpc) is 3.16. The van der Waals surface area contributed by atoms with E-state index in [0.29, 0.717) is 16.2 Å². The van der Waals surface area contributed by atoms with E-state index in [1.807, 2.05) is 0 Å². The molecule has 0 aromatic carbocycles. The lowest BCUT2D eigenvalue weighted by Crippen LogP contribution is -2.75. The molecule has 6 heterocycles. The zero-order valence-corrected chi connectivity index (χ0v) is 19.4. The van der Waals surface area contributed by atoms with Crippen molar-refractivity contribution in [3.63, 3.8) is 0 Å². The first kappa shape index (κ1) is 20.7. The van der Waals surface area contributed by atoms with Crippen LogP contribution < -0.4 is 16.0 Å². The van der Waals surface area contributed by atoms with Gasteiger partial charge in [-0.25, -0.2) is 0 Å². The van der Waals surface area contributed by atoms with Gasteiger partial charge in [0.1, 0.15) is 6.17 Å². The Kier molecular flexibility index (Phi) is 5.09. The summed E-state index contributed by atoms with van der Waals surface area (Å²) in [6.07, 6.45) is 3.55. The SMILES string of the molecule is CC(C)N1CC2(CCNC2)C1.CC(N1CC2(CNC2)C1)[N+]1(C)CCC2(CNC2)C1. The Morgan fingerprint density at radius 1 is 0.724 bits per heavy atom. The van der Waals surface area contributed by atoms with Gasteiger partial charge >= 0.3 is 0 Å². The molecule has 6 aliphatic rings. The summed E-state index contributed by atoms with van der Waals surface area (Å²) < 4.78 is 1.28. The van der Waals surface area contributed by atoms with Crippen LogP contribution in [0.25, 0.3) is 0 Å². The van der Waals surface area contributed by atoms with E-state index >= 15 is 0 Å². The molecule has 6 fully saturated rings. The highest BCUT2D eigenvalue weighted by atomic mass is 15.5. The maximum atomic E-state index is 3.48. The number of hydrogen-bond donors (Lipinski definition) is 3. The van der Waals surface area contributed by atoms with Crippen LogP contribution in [-0.2, 0) is 0 Å². The van der Waals surface area contributed by atoms with Crippen molar-refractivity contribution in [3.8, 4) is 0 Å². The summed E-state index contributed by atoms with van der Waals surface area (Å²) in [5.41, 5.74) is 2.01. The third-order valence-electron chi connectivity index (χ3n) is 9.50. The van der Waals surface area contributed by atoms with E-state index in [0.717, 1.165) is 12.2 Å². The van der Waals surface area contributed by atoms with Crippen molar-refractivity contribution in [3.05, 3.63) is 0 Å². The summed E-state index contributed by atoms with van der Waals surface area (Å²) in [6, 6.07) is 0.751. The van der Waals surface area contributed by atoms with Crippen molar-refractivity contribution >= 4 is 0 Å². The quantitative estimate of drug-likeness (QED) is 0.592. The predicted molar refractivity (Wildman–Crippen MR) is 119 cm³/mol. The van der Waals surface area contributed by atoms with Gasteiger partial charge in [0.2, 0.25) is 0 Å². The van der Waals surface area contributed by atoms with E-state index in [4.69, 9.17) is 0 Å². The van der Waals surface area contributed by atoms with Gasteiger partial charge in [-0.05, 0) is 26.8 Å². The Balaban J connectivity index is 0.000000142. The van der Waals surface area contributed by atoms with Gasteiger partial charge in [-0.1, -0.05) is 0 Å². The highest BCUT2D eigenvalue weighted by Crippen LogP contribution is 2.43. The van der Waals surface area contributed by atoms with Crippen LogP contribution in [0.2, 0.25) is 0 Å². The topological polar surface area (TPSA) is 42.6 Å². The molecule has 6 nitrogen and oxygen atoms in total. The molecule has 0 aromatic heterocycles. The minimum atomic E-state index is 0.656. The van der Waals surface area contributed by atoms with Crippen LogP contribution in [0, 0.1) is 16.2 Å². The van der Waals surface area contributed by atoms with Crippen LogP contribution in [0.3, 0.4) is 0 Å². The van der Waals surface area contributed by atoms with Crippen molar-refractivity contribution in [2.45, 2.75) is 45.8 Å². The third-order valence-corrected chi connectivity index (χ3v) is 9.50. The van der Waals surface area contributed by atoms with Crippen LogP contribution >= 0.6 is 0 Å². The number of quaternary nitrogens is 1. The molecule has 6 heteroatoms. The number of hydrogen-bond acceptors (Lipinski definition) is 5. The Bertz CT molecular complexity index is 590. The molecule has 0 aromatic rings. The highest BCUT2D eigenvalue weighted by molar-refractivity contribution is 5.05. The first-order valence-corrected chi connectivity index (χ1v) is 12.2. The molecule has 0 radical (unpaired) electrons. The van der Waals surface area contributed by atoms with Crippen LogP contribution in [0.4, 0.5) is 0 Å². The van der Waals surface area contributed by atoms with Crippen LogP contribution in [0.15, 0.2) is 0 Å². The van der Waals surface area contributed by atoms with Crippen molar-refractivity contribution in [2.24, 2.45) is 16.2 Å². The van der Waals surface area contributed by atoms with Gasteiger partial charge in [0.25, 0.3) is 0 Å². The summed E-state index contributed by atoms with van der Waals surface area (Å²) in [5.74, 6) is 0. The number of nitrogens with zero attached hydrogens (tertiary/aromatic N) is 3. The van der Waals surface area contributed by atoms with E-state index in [9.17, 15) is 0 Å². The molecule has 166 valence electrons. The monoisotopic (exact) mass is 405 g/mol. The predicted octanol–water partition coefficient (Wildman–Crippen LogP) is 0.368. The van der Waals surface area contributed by atoms with Crippen LogP contribution in [-0.4, -0.2) is 112 Å². The molecule has 3 spiro atoms. The summed E-state index contributed by atoms with van der Waals surface area (Å²) in [5, 5.41) is 10.4. The molecule has 0 aliphatic carbocycles. The molecule has 29 heavy (non-hydrogen) atoms. The maximum absolute atomic E-state index is 3.48. The van der Waals surface area contributed by atoms with E-state index in [-0.39, 0.29) is 0 Å². The molecule has 3 N–H and O–H groups in total. The van der Waals surface area contributed by atoms with Crippen molar-refractivity contribution in [2.75, 3.05) is 85.6 Å². The lowest BCUT2D eigenvalue weighted by molar-refractivity contribution is -0.936. The summed E-state index contributed by atoms with van der Waals surface area (Å²) >= 11 is 0. The molecular weight excluding hydrogens is 360 g/mol. The van der Waals surface area contributed by atoms with Crippen molar-refractivity contribution < 1.29 is 4.48 Å². The molecule has 6 saturated heterocycles. The Morgan fingerprint density at radius 2 is 1.31 bits per heavy atom. The second-order valence-electron chi connectivity index (χ2n) is 12.3. The Labute approximate surface area is 178 Å². The fourth-order valence-corrected chi connectivity index (χ4v) is 6.92. The Hall–Kier alpha value is -0.240. The first-order chi connectivity index (χ1) is 13.8. The third kappa shape index (κ3) is 3.58. The van der Waals surface area contributed by atoms with Gasteiger partial charge in [0, 0.05) is 94.5 Å². The molecule has 0 saturated carbocycles. The maximum Gasteiger partial charge on any atom is 0.142 e. The average molecular weight is 406 g/mol. The fourth-order valence-electron chi connectivity index (χ4n) is 6.92. The molecule has 0 amide bonds. The normalized spacial score (nSPS) is 37.6. The molecule has 6 aliphatic heterocycles. The van der Waals surface area contributed by atoms with Gasteiger partial charge in [-0.15, -0.1) is 0 Å². The Morgan fingerprint density at radius 3 is 1.76 bits per heavy atom. The number of rotatable bonds is 3. The summed E-state index contributed by atoms with van der Waals surface area (Å²) in [7, 11) is 2.49. The van der Waals surface area contributed by atoms with Crippen LogP contribution in [0.1, 0.15) is 33.6 Å². The van der Waals surface area contributed by atoms with Gasteiger partial charge in [0.15, 0.2) is 0 Å². The van der Waals surface area contributed by atoms with Crippen molar-refractivity contribution in [1.29, 1.82) is 0 Å². The summed E-state index contributed by atoms with van der Waals surface area (Å²) in [6.45, 7) is 22.7. The first-order valence-electron chi connectivity index (χ1n) is 12.2. The minimum absolute atomic E-state index is 0.656. The fraction of sp³-hybridized carbons (Fsp3) is 1.00. The second-order valence-corrected chi connectivity index (χ2v) is 12.3. The van der Waals surface area contributed by atoms with Gasteiger partial charge in [-0.2, -0.15) is 0 Å². The largest absolute Gasteiger partial charge is 0.316 e. The molecule has 6 rings (SSSR count). The molecule has 2 unspecified atom stereocenters. The lowest BCUT2D eigenvalue weighted by Gasteiger charge is -2.59. The second kappa shape index (κ2) is 7.14. The zero-order valence-electron chi connectivity index (χ0n) is 19.4. The van der Waals surface area contributed by atoms with E-state index in [2.05, 4.69) is 53.6 Å². The van der Waals surface area contributed by atoms with Gasteiger partial charge in [0.05, 0.1) is 20.1 Å². The minimum Gasteiger partial charge on any atom is -0.316 e. The molecule has 0 bridgehead atoms. The summed E-state index contributed by atoms with van der Waals surface area (Å²) in [4.78, 5) is 5.29. The van der Waals surface area contributed by atoms with Gasteiger partial charge in [-0.3, -0.25) is 9.80 Å². The van der Waals surface area contributed by atoms with E-state index < -0.39 is 0 Å². The zero-order chi connectivity index (χ0) is 20.3. The van der Waals surface area contributed by atoms with Gasteiger partial charge < -0.3 is 20.4 Å².